The Morgan fingerprint density at radius 2 is 1.08 bits per heavy atom. The van der Waals surface area contributed by atoms with Gasteiger partial charge in [-0.05, 0) is 42.8 Å². The summed E-state index contributed by atoms with van der Waals surface area (Å²) in [6, 6.07) is 17.7. The lowest BCUT2D eigenvalue weighted by Crippen LogP contribution is -2.15. The summed E-state index contributed by atoms with van der Waals surface area (Å²) in [5, 5.41) is 0.641. The van der Waals surface area contributed by atoms with Crippen LogP contribution >= 0.6 is 0 Å². The highest BCUT2D eigenvalue weighted by Gasteiger charge is 2.25. The van der Waals surface area contributed by atoms with Gasteiger partial charge < -0.3 is 9.47 Å². The highest BCUT2D eigenvalue weighted by molar-refractivity contribution is 7.86. The van der Waals surface area contributed by atoms with Gasteiger partial charge >= 0.3 is 11.9 Å². The molecule has 0 aliphatic heterocycles. The summed E-state index contributed by atoms with van der Waals surface area (Å²) in [5.41, 5.74) is -0.447. The molecular weight excluding hydrogens is 524 g/mol. The van der Waals surface area contributed by atoms with Crippen molar-refractivity contribution in [1.82, 2.24) is 0 Å². The summed E-state index contributed by atoms with van der Waals surface area (Å²) in [4.78, 5) is 24.5. The maximum atomic E-state index is 12.9. The van der Waals surface area contributed by atoms with E-state index in [0.29, 0.717) is 16.3 Å². The summed E-state index contributed by atoms with van der Waals surface area (Å²) < 4.78 is 76.6. The zero-order valence-electron chi connectivity index (χ0n) is 19.0. The van der Waals surface area contributed by atoms with Crippen molar-refractivity contribution in [2.45, 2.75) is 16.7 Å². The Labute approximate surface area is 211 Å². The fraction of sp³-hybridized carbons (Fsp3) is 0.0400. The predicted octanol–water partition coefficient (Wildman–Crippen LogP) is 4.08. The molecule has 4 aromatic carbocycles. The molecule has 0 heterocycles. The molecule has 0 amide bonds. The fourth-order valence-electron chi connectivity index (χ4n) is 3.69. The van der Waals surface area contributed by atoms with Gasteiger partial charge in [-0.15, -0.1) is 0 Å². The van der Waals surface area contributed by atoms with Crippen molar-refractivity contribution in [2.24, 2.45) is 0 Å². The van der Waals surface area contributed by atoms with E-state index in [0.717, 1.165) is 12.1 Å². The molecule has 12 heteroatoms. The van der Waals surface area contributed by atoms with E-state index < -0.39 is 42.0 Å². The molecule has 0 atom stereocenters. The smallest absolute Gasteiger partial charge is 0.344 e. The maximum Gasteiger partial charge on any atom is 0.344 e. The van der Waals surface area contributed by atoms with E-state index in [1.54, 1.807) is 31.2 Å². The maximum absolute atomic E-state index is 12.9. The molecule has 0 unspecified atom stereocenters. The van der Waals surface area contributed by atoms with Crippen LogP contribution in [-0.2, 0) is 20.2 Å². The monoisotopic (exact) mass is 542 g/mol. The molecule has 190 valence electrons. The van der Waals surface area contributed by atoms with Gasteiger partial charge in [-0.3, -0.25) is 9.11 Å². The average Bonchev–Trinajstić information content (AvgIpc) is 2.85. The van der Waals surface area contributed by atoms with E-state index in [-0.39, 0.29) is 22.6 Å². The molecule has 0 aliphatic carbocycles. The van der Waals surface area contributed by atoms with E-state index in [9.17, 15) is 35.5 Å². The predicted molar refractivity (Wildman–Crippen MR) is 131 cm³/mol. The lowest BCUT2D eigenvalue weighted by Gasteiger charge is -2.15. The van der Waals surface area contributed by atoms with Crippen molar-refractivity contribution in [1.29, 1.82) is 0 Å². The van der Waals surface area contributed by atoms with E-state index in [1.165, 1.54) is 42.5 Å². The summed E-state index contributed by atoms with van der Waals surface area (Å²) in [6.07, 6.45) is 0. The van der Waals surface area contributed by atoms with Crippen LogP contribution in [0.25, 0.3) is 10.8 Å². The van der Waals surface area contributed by atoms with Crippen molar-refractivity contribution in [3.8, 4) is 11.5 Å². The van der Waals surface area contributed by atoms with Gasteiger partial charge in [0.15, 0.2) is 0 Å². The van der Waals surface area contributed by atoms with Crippen LogP contribution in [0.15, 0.2) is 88.7 Å². The summed E-state index contributed by atoms with van der Waals surface area (Å²) in [7, 11) is -9.40. The van der Waals surface area contributed by atoms with Crippen molar-refractivity contribution >= 4 is 42.9 Å². The molecule has 0 spiro atoms. The van der Waals surface area contributed by atoms with E-state index >= 15 is 0 Å². The SMILES string of the molecule is Cc1cc(OC(=O)c2ccccc2S(=O)(=O)O)c2ccccc2c1OC(=O)c1ccccc1S(=O)(=O)O. The molecule has 0 aromatic heterocycles. The number of hydrogen-bond donors (Lipinski definition) is 2. The minimum atomic E-state index is -4.70. The molecule has 0 bridgehead atoms. The molecule has 0 radical (unpaired) electrons. The van der Waals surface area contributed by atoms with E-state index in [1.807, 2.05) is 0 Å². The minimum absolute atomic E-state index is 0.0152. The van der Waals surface area contributed by atoms with Gasteiger partial charge in [0.2, 0.25) is 0 Å². The van der Waals surface area contributed by atoms with Gasteiger partial charge in [0, 0.05) is 10.8 Å². The number of aryl methyl sites for hydroxylation is 1. The van der Waals surface area contributed by atoms with Crippen LogP contribution in [0, 0.1) is 6.92 Å². The second kappa shape index (κ2) is 9.75. The number of fused-ring (bicyclic) bond motifs is 1. The summed E-state index contributed by atoms with van der Waals surface area (Å²) in [5.74, 6) is -2.04. The molecule has 2 N–H and O–H groups in total. The number of esters is 2. The van der Waals surface area contributed by atoms with Crippen LogP contribution in [0.2, 0.25) is 0 Å². The number of carbonyl (C=O) groups excluding carboxylic acids is 2. The highest BCUT2D eigenvalue weighted by atomic mass is 32.2. The Morgan fingerprint density at radius 3 is 1.59 bits per heavy atom. The van der Waals surface area contributed by atoms with Crippen LogP contribution < -0.4 is 9.47 Å². The first-order valence-corrected chi connectivity index (χ1v) is 13.4. The van der Waals surface area contributed by atoms with E-state index in [4.69, 9.17) is 9.47 Å². The molecule has 0 saturated heterocycles. The van der Waals surface area contributed by atoms with Gasteiger partial charge in [-0.2, -0.15) is 16.8 Å². The molecule has 0 fully saturated rings. The molecule has 37 heavy (non-hydrogen) atoms. The van der Waals surface area contributed by atoms with Crippen molar-refractivity contribution in [3.63, 3.8) is 0 Å². The topological polar surface area (TPSA) is 161 Å². The van der Waals surface area contributed by atoms with Gasteiger partial charge in [0.05, 0.1) is 11.1 Å². The first-order chi connectivity index (χ1) is 17.4. The normalized spacial score (nSPS) is 11.8. The molecule has 4 aromatic rings. The van der Waals surface area contributed by atoms with E-state index in [2.05, 4.69) is 0 Å². The third-order valence-electron chi connectivity index (χ3n) is 5.31. The quantitative estimate of drug-likeness (QED) is 0.206. The molecular formula is C25H18O10S2. The molecule has 4 rings (SSSR count). The lowest BCUT2D eigenvalue weighted by atomic mass is 10.0. The standard InChI is InChI=1S/C25H18O10S2/c1-15-14-20(34-24(26)18-10-4-6-12-21(18)36(28,29)30)16-8-2-3-9-17(16)23(15)35-25(27)19-11-5-7-13-22(19)37(31,32)33/h2-14H,1H3,(H,28,29,30)(H,31,32,33). The second-order valence-electron chi connectivity index (χ2n) is 7.79. The largest absolute Gasteiger partial charge is 0.422 e. The third-order valence-corrected chi connectivity index (χ3v) is 7.13. The third kappa shape index (κ3) is 5.37. The number of hydrogen-bond acceptors (Lipinski definition) is 8. The van der Waals surface area contributed by atoms with Crippen molar-refractivity contribution in [2.75, 3.05) is 0 Å². The Bertz CT molecular complexity index is 1770. The van der Waals surface area contributed by atoms with Crippen LogP contribution in [0.5, 0.6) is 11.5 Å². The lowest BCUT2D eigenvalue weighted by molar-refractivity contribution is 0.0718. The minimum Gasteiger partial charge on any atom is -0.422 e. The Hall–Kier alpha value is -4.10. The van der Waals surface area contributed by atoms with Gasteiger partial charge in [-0.1, -0.05) is 48.5 Å². The first kappa shape index (κ1) is 26.0. The summed E-state index contributed by atoms with van der Waals surface area (Å²) in [6.45, 7) is 1.55. The average molecular weight is 543 g/mol. The molecule has 0 aliphatic rings. The number of benzene rings is 4. The van der Waals surface area contributed by atoms with Crippen molar-refractivity contribution in [3.05, 3.63) is 95.6 Å². The van der Waals surface area contributed by atoms with Gasteiger partial charge in [0.1, 0.15) is 21.3 Å². The van der Waals surface area contributed by atoms with Gasteiger partial charge in [-0.25, -0.2) is 9.59 Å². The zero-order valence-corrected chi connectivity index (χ0v) is 20.6. The second-order valence-corrected chi connectivity index (χ2v) is 10.6. The fourth-order valence-corrected chi connectivity index (χ4v) is 5.05. The number of ether oxygens (including phenoxy) is 2. The van der Waals surface area contributed by atoms with Crippen LogP contribution in [0.4, 0.5) is 0 Å². The Morgan fingerprint density at radius 1 is 0.649 bits per heavy atom. The Balaban J connectivity index is 1.76. The number of rotatable bonds is 6. The van der Waals surface area contributed by atoms with Crippen LogP contribution in [-0.4, -0.2) is 37.9 Å². The number of carbonyl (C=O) groups is 2. The first-order valence-electron chi connectivity index (χ1n) is 10.5. The molecule has 10 nitrogen and oxygen atoms in total. The summed E-state index contributed by atoms with van der Waals surface area (Å²) >= 11 is 0. The van der Waals surface area contributed by atoms with Gasteiger partial charge in [0.25, 0.3) is 20.2 Å². The molecule has 0 saturated carbocycles. The van der Waals surface area contributed by atoms with Crippen LogP contribution in [0.3, 0.4) is 0 Å². The van der Waals surface area contributed by atoms with Crippen molar-refractivity contribution < 1.29 is 45.0 Å². The Kier molecular flexibility index (Phi) is 6.84. The van der Waals surface area contributed by atoms with Crippen LogP contribution in [0.1, 0.15) is 26.3 Å². The zero-order chi connectivity index (χ0) is 27.0. The highest BCUT2D eigenvalue weighted by Crippen LogP contribution is 2.37.